The molecule has 3 rings (SSSR count). The number of rotatable bonds is 5. The molecule has 0 radical (unpaired) electrons. The Balaban J connectivity index is 1.60. The highest BCUT2D eigenvalue weighted by Gasteiger charge is 2.09. The molecule has 0 aliphatic heterocycles. The standard InChI is InChI=1S/C19H18Cl2N4O/c1-12-7-13(2)25(24-12)18-4-3-15(11-23-18)19(26)22-6-5-14-8-16(20)10-17(21)9-14/h3-4,7-11H,5-6H2,1-2H3,(H,22,26). The molecule has 0 saturated carbocycles. The minimum atomic E-state index is -0.175. The molecule has 1 N–H and O–H groups in total. The molecule has 0 saturated heterocycles. The number of hydrogen-bond acceptors (Lipinski definition) is 3. The molecule has 1 amide bonds. The Labute approximate surface area is 162 Å². The quantitative estimate of drug-likeness (QED) is 0.713. The van der Waals surface area contributed by atoms with Gasteiger partial charge in [0, 0.05) is 28.5 Å². The van der Waals surface area contributed by atoms with E-state index in [1.165, 1.54) is 0 Å². The number of halogens is 2. The van der Waals surface area contributed by atoms with E-state index in [4.69, 9.17) is 23.2 Å². The second-order valence-electron chi connectivity index (χ2n) is 6.03. The van der Waals surface area contributed by atoms with Crippen LogP contribution in [0.25, 0.3) is 5.82 Å². The molecule has 2 aromatic heterocycles. The maximum atomic E-state index is 12.3. The van der Waals surface area contributed by atoms with Crippen LogP contribution in [0.2, 0.25) is 10.0 Å². The van der Waals surface area contributed by atoms with Crippen LogP contribution < -0.4 is 5.32 Å². The van der Waals surface area contributed by atoms with Crippen molar-refractivity contribution in [2.75, 3.05) is 6.54 Å². The molecule has 3 aromatic rings. The predicted molar refractivity (Wildman–Crippen MR) is 103 cm³/mol. The molecular weight excluding hydrogens is 371 g/mol. The summed E-state index contributed by atoms with van der Waals surface area (Å²) in [6, 6.07) is 10.9. The number of benzene rings is 1. The number of hydrogen-bond donors (Lipinski definition) is 1. The molecule has 0 bridgehead atoms. The Kier molecular flexibility index (Phi) is 5.59. The summed E-state index contributed by atoms with van der Waals surface area (Å²) in [5.74, 6) is 0.506. The summed E-state index contributed by atoms with van der Waals surface area (Å²) in [5.41, 5.74) is 3.39. The SMILES string of the molecule is Cc1cc(C)n(-c2ccc(C(=O)NCCc3cc(Cl)cc(Cl)c3)cn2)n1. The fourth-order valence-corrected chi connectivity index (χ4v) is 3.26. The van der Waals surface area contributed by atoms with Gasteiger partial charge >= 0.3 is 0 Å². The first kappa shape index (κ1) is 18.4. The molecule has 0 fully saturated rings. The van der Waals surface area contributed by atoms with E-state index in [-0.39, 0.29) is 5.91 Å². The zero-order chi connectivity index (χ0) is 18.7. The highest BCUT2D eigenvalue weighted by molar-refractivity contribution is 6.34. The first-order valence-electron chi connectivity index (χ1n) is 8.15. The molecule has 0 aliphatic rings. The van der Waals surface area contributed by atoms with E-state index in [1.54, 1.807) is 29.1 Å². The van der Waals surface area contributed by atoms with Crippen molar-refractivity contribution in [1.82, 2.24) is 20.1 Å². The number of carbonyl (C=O) groups excluding carboxylic acids is 1. The van der Waals surface area contributed by atoms with Crippen molar-refractivity contribution in [1.29, 1.82) is 0 Å². The molecule has 0 spiro atoms. The number of aryl methyl sites for hydroxylation is 2. The van der Waals surface area contributed by atoms with Crippen LogP contribution in [-0.2, 0) is 6.42 Å². The average molecular weight is 389 g/mol. The van der Waals surface area contributed by atoms with Crippen LogP contribution in [0.3, 0.4) is 0 Å². The number of carbonyl (C=O) groups is 1. The molecule has 0 unspecified atom stereocenters. The number of pyridine rings is 1. The molecular formula is C19H18Cl2N4O. The topological polar surface area (TPSA) is 59.8 Å². The summed E-state index contributed by atoms with van der Waals surface area (Å²) >= 11 is 12.0. The van der Waals surface area contributed by atoms with Crippen molar-refractivity contribution in [2.45, 2.75) is 20.3 Å². The summed E-state index contributed by atoms with van der Waals surface area (Å²) < 4.78 is 1.75. The van der Waals surface area contributed by atoms with Crippen LogP contribution in [-0.4, -0.2) is 27.2 Å². The third-order valence-corrected chi connectivity index (χ3v) is 4.29. The number of aromatic nitrogens is 3. The summed E-state index contributed by atoms with van der Waals surface area (Å²) in [4.78, 5) is 16.6. The second kappa shape index (κ2) is 7.89. The van der Waals surface area contributed by atoms with Crippen LogP contribution in [0.15, 0.2) is 42.6 Å². The van der Waals surface area contributed by atoms with Gasteiger partial charge in [0.05, 0.1) is 11.3 Å². The largest absolute Gasteiger partial charge is 0.352 e. The molecule has 26 heavy (non-hydrogen) atoms. The van der Waals surface area contributed by atoms with Gasteiger partial charge in [0.15, 0.2) is 5.82 Å². The maximum absolute atomic E-state index is 12.3. The number of nitrogens with one attached hydrogen (secondary N) is 1. The van der Waals surface area contributed by atoms with Gasteiger partial charge in [-0.3, -0.25) is 4.79 Å². The van der Waals surface area contributed by atoms with Crippen LogP contribution in [0.5, 0.6) is 0 Å². The molecule has 1 aromatic carbocycles. The van der Waals surface area contributed by atoms with Gasteiger partial charge < -0.3 is 5.32 Å². The van der Waals surface area contributed by atoms with Gasteiger partial charge in [0.2, 0.25) is 0 Å². The van der Waals surface area contributed by atoms with Crippen molar-refractivity contribution < 1.29 is 4.79 Å². The third kappa shape index (κ3) is 4.42. The summed E-state index contributed by atoms with van der Waals surface area (Å²) in [6.45, 7) is 4.37. The average Bonchev–Trinajstić information content (AvgIpc) is 2.92. The highest BCUT2D eigenvalue weighted by Crippen LogP contribution is 2.19. The molecule has 0 aliphatic carbocycles. The smallest absolute Gasteiger partial charge is 0.252 e. The summed E-state index contributed by atoms with van der Waals surface area (Å²) in [6.07, 6.45) is 2.20. The lowest BCUT2D eigenvalue weighted by atomic mass is 10.1. The number of nitrogens with zero attached hydrogens (tertiary/aromatic N) is 3. The maximum Gasteiger partial charge on any atom is 0.252 e. The van der Waals surface area contributed by atoms with E-state index in [0.29, 0.717) is 34.4 Å². The van der Waals surface area contributed by atoms with Crippen LogP contribution in [0, 0.1) is 13.8 Å². The Morgan fingerprint density at radius 2 is 1.85 bits per heavy atom. The van der Waals surface area contributed by atoms with Crippen LogP contribution in [0.4, 0.5) is 0 Å². The van der Waals surface area contributed by atoms with E-state index in [9.17, 15) is 4.79 Å². The minimum Gasteiger partial charge on any atom is -0.352 e. The Morgan fingerprint density at radius 3 is 2.42 bits per heavy atom. The van der Waals surface area contributed by atoms with Crippen molar-refractivity contribution in [3.05, 3.63) is 75.2 Å². The van der Waals surface area contributed by atoms with Gasteiger partial charge in [0.25, 0.3) is 5.91 Å². The molecule has 134 valence electrons. The van der Waals surface area contributed by atoms with Crippen LogP contribution >= 0.6 is 23.2 Å². The highest BCUT2D eigenvalue weighted by atomic mass is 35.5. The first-order chi connectivity index (χ1) is 12.4. The Morgan fingerprint density at radius 1 is 1.12 bits per heavy atom. The Hall–Kier alpha value is -2.37. The van der Waals surface area contributed by atoms with Gasteiger partial charge in [-0.25, -0.2) is 9.67 Å². The zero-order valence-electron chi connectivity index (χ0n) is 14.5. The van der Waals surface area contributed by atoms with E-state index < -0.39 is 0 Å². The van der Waals surface area contributed by atoms with Gasteiger partial charge in [0.1, 0.15) is 0 Å². The van der Waals surface area contributed by atoms with Crippen LogP contribution in [0.1, 0.15) is 27.3 Å². The van der Waals surface area contributed by atoms with Gasteiger partial charge in [-0.15, -0.1) is 0 Å². The molecule has 2 heterocycles. The number of amides is 1. The third-order valence-electron chi connectivity index (χ3n) is 3.86. The van der Waals surface area contributed by atoms with Gasteiger partial charge in [-0.2, -0.15) is 5.10 Å². The van der Waals surface area contributed by atoms with Crippen molar-refractivity contribution in [3.8, 4) is 5.82 Å². The van der Waals surface area contributed by atoms with E-state index >= 15 is 0 Å². The summed E-state index contributed by atoms with van der Waals surface area (Å²) in [7, 11) is 0. The molecule has 7 heteroatoms. The van der Waals surface area contributed by atoms with Gasteiger partial charge in [-0.1, -0.05) is 23.2 Å². The minimum absolute atomic E-state index is 0.175. The monoisotopic (exact) mass is 388 g/mol. The fraction of sp³-hybridized carbons (Fsp3) is 0.211. The molecule has 0 atom stereocenters. The molecule has 5 nitrogen and oxygen atoms in total. The van der Waals surface area contributed by atoms with Crippen molar-refractivity contribution in [3.63, 3.8) is 0 Å². The normalized spacial score (nSPS) is 10.8. The van der Waals surface area contributed by atoms with Gasteiger partial charge in [-0.05, 0) is 62.2 Å². The second-order valence-corrected chi connectivity index (χ2v) is 6.90. The lowest BCUT2D eigenvalue weighted by molar-refractivity contribution is 0.0954. The lowest BCUT2D eigenvalue weighted by Gasteiger charge is -2.07. The summed E-state index contributed by atoms with van der Waals surface area (Å²) in [5, 5.41) is 8.43. The lowest BCUT2D eigenvalue weighted by Crippen LogP contribution is -2.25. The van der Waals surface area contributed by atoms with E-state index in [0.717, 1.165) is 17.0 Å². The van der Waals surface area contributed by atoms with Crippen molar-refractivity contribution in [2.24, 2.45) is 0 Å². The Bertz CT molecular complexity index is 915. The van der Waals surface area contributed by atoms with Crippen molar-refractivity contribution >= 4 is 29.1 Å². The zero-order valence-corrected chi connectivity index (χ0v) is 16.0. The van der Waals surface area contributed by atoms with E-state index in [1.807, 2.05) is 32.0 Å². The fourth-order valence-electron chi connectivity index (χ4n) is 2.68. The predicted octanol–water partition coefficient (Wildman–Crippen LogP) is 4.16. The first-order valence-corrected chi connectivity index (χ1v) is 8.91. The van der Waals surface area contributed by atoms with E-state index in [2.05, 4.69) is 15.4 Å².